The Bertz CT molecular complexity index is 829. The second kappa shape index (κ2) is 52.5. The van der Waals surface area contributed by atoms with Gasteiger partial charge in [-0.2, -0.15) is 0 Å². The lowest BCUT2D eigenvalue weighted by molar-refractivity contribution is -0.123. The Hall–Kier alpha value is -0.870. The van der Waals surface area contributed by atoms with Gasteiger partial charge in [0.1, 0.15) is 0 Å². The van der Waals surface area contributed by atoms with Crippen molar-refractivity contribution in [1.82, 2.24) is 5.32 Å². The molecule has 4 heteroatoms. The summed E-state index contributed by atoms with van der Waals surface area (Å²) in [5.74, 6) is -0.0586. The number of hydrogen-bond donors (Lipinski definition) is 3. The van der Waals surface area contributed by atoms with E-state index in [1.165, 1.54) is 276 Å². The highest BCUT2D eigenvalue weighted by Crippen LogP contribution is 2.18. The van der Waals surface area contributed by atoms with Crippen molar-refractivity contribution in [2.75, 3.05) is 6.61 Å². The van der Waals surface area contributed by atoms with Crippen molar-refractivity contribution in [3.8, 4) is 0 Å². The summed E-state index contributed by atoms with van der Waals surface area (Å²) in [5, 5.41) is 23.0. The van der Waals surface area contributed by atoms with Crippen LogP contribution in [0.15, 0.2) is 12.2 Å². The maximum absolute atomic E-state index is 12.4. The summed E-state index contributed by atoms with van der Waals surface area (Å²) in [6.45, 7) is 4.32. The topological polar surface area (TPSA) is 69.6 Å². The molecular weight excluding hydrogens is 735 g/mol. The van der Waals surface area contributed by atoms with Crippen LogP contribution in [0.5, 0.6) is 0 Å². The summed E-state index contributed by atoms with van der Waals surface area (Å²) in [6, 6.07) is -0.616. The van der Waals surface area contributed by atoms with Gasteiger partial charge in [-0.25, -0.2) is 0 Å². The molecule has 60 heavy (non-hydrogen) atoms. The van der Waals surface area contributed by atoms with Crippen LogP contribution in [0.1, 0.15) is 322 Å². The Labute approximate surface area is 377 Å². The SMILES string of the molecule is CCCCCCCCCCC/C=C/C(O)C(CO)NC(=O)CCCCCCCCCCCCCCCCCCCCCCCCCCCCCCCCCCCCCCC. The minimum absolute atomic E-state index is 0.0586. The zero-order valence-corrected chi connectivity index (χ0v) is 41.3. The lowest BCUT2D eigenvalue weighted by Crippen LogP contribution is -2.45. The molecule has 0 heterocycles. The number of hydrogen-bond acceptors (Lipinski definition) is 3. The molecule has 0 radical (unpaired) electrons. The van der Waals surface area contributed by atoms with Crippen molar-refractivity contribution < 1.29 is 15.0 Å². The molecule has 0 saturated heterocycles. The summed E-state index contributed by atoms with van der Waals surface area (Å²) in [6.07, 6.45) is 68.3. The van der Waals surface area contributed by atoms with E-state index in [1.807, 2.05) is 6.08 Å². The summed E-state index contributed by atoms with van der Waals surface area (Å²) in [5.41, 5.74) is 0. The van der Waals surface area contributed by atoms with Crippen molar-refractivity contribution in [2.24, 2.45) is 0 Å². The summed E-state index contributed by atoms with van der Waals surface area (Å²) in [7, 11) is 0. The Morgan fingerprint density at radius 1 is 0.383 bits per heavy atom. The highest BCUT2D eigenvalue weighted by molar-refractivity contribution is 5.76. The van der Waals surface area contributed by atoms with Crippen LogP contribution >= 0.6 is 0 Å². The molecule has 1 amide bonds. The number of rotatable bonds is 52. The fraction of sp³-hybridized carbons (Fsp3) is 0.946. The zero-order chi connectivity index (χ0) is 43.5. The normalized spacial score (nSPS) is 12.8. The lowest BCUT2D eigenvalue weighted by atomic mass is 10.0. The first kappa shape index (κ1) is 59.1. The molecule has 0 aliphatic carbocycles. The standard InChI is InChI=1S/C56H111NO3/c1-3-5-7-9-11-13-15-16-17-18-19-20-21-22-23-24-25-26-27-28-29-30-31-32-33-34-35-36-37-38-39-40-42-44-46-48-50-52-56(60)57-54(53-58)55(59)51-49-47-45-43-41-14-12-10-8-6-4-2/h49,51,54-55,58-59H,3-48,50,52-53H2,1-2H3,(H,57,60)/b51-49+. The van der Waals surface area contributed by atoms with E-state index in [1.54, 1.807) is 6.08 Å². The first-order valence-corrected chi connectivity index (χ1v) is 27.9. The molecule has 0 rings (SSSR count). The van der Waals surface area contributed by atoms with Crippen LogP contribution in [-0.2, 0) is 4.79 Å². The minimum atomic E-state index is -0.833. The molecule has 0 fully saturated rings. The maximum atomic E-state index is 12.4. The van der Waals surface area contributed by atoms with E-state index < -0.39 is 12.1 Å². The first-order valence-electron chi connectivity index (χ1n) is 27.9. The number of unbranched alkanes of at least 4 members (excludes halogenated alkanes) is 45. The van der Waals surface area contributed by atoms with Gasteiger partial charge in [0.2, 0.25) is 5.91 Å². The molecule has 0 aromatic heterocycles. The molecule has 0 aromatic rings. The van der Waals surface area contributed by atoms with Gasteiger partial charge in [-0.3, -0.25) is 4.79 Å². The number of nitrogens with one attached hydrogen (secondary N) is 1. The van der Waals surface area contributed by atoms with Crippen LogP contribution in [0.3, 0.4) is 0 Å². The Morgan fingerprint density at radius 2 is 0.617 bits per heavy atom. The van der Waals surface area contributed by atoms with E-state index in [9.17, 15) is 15.0 Å². The number of carbonyl (C=O) groups excluding carboxylic acids is 1. The fourth-order valence-corrected chi connectivity index (χ4v) is 9.01. The van der Waals surface area contributed by atoms with Gasteiger partial charge < -0.3 is 15.5 Å². The quantitative estimate of drug-likeness (QED) is 0.0422. The Morgan fingerprint density at radius 3 is 0.867 bits per heavy atom. The van der Waals surface area contributed by atoms with Gasteiger partial charge in [0, 0.05) is 6.42 Å². The number of allylic oxidation sites excluding steroid dienone is 1. The van der Waals surface area contributed by atoms with Crippen LogP contribution < -0.4 is 5.32 Å². The average Bonchev–Trinajstić information content (AvgIpc) is 3.25. The monoisotopic (exact) mass is 846 g/mol. The number of aliphatic hydroxyl groups excluding tert-OH is 2. The highest BCUT2D eigenvalue weighted by atomic mass is 16.3. The summed E-state index contributed by atoms with van der Waals surface area (Å²) in [4.78, 5) is 12.4. The van der Waals surface area contributed by atoms with Crippen molar-refractivity contribution in [3.63, 3.8) is 0 Å². The molecule has 4 nitrogen and oxygen atoms in total. The van der Waals surface area contributed by atoms with Gasteiger partial charge in [-0.1, -0.05) is 309 Å². The van der Waals surface area contributed by atoms with Gasteiger partial charge in [0.05, 0.1) is 18.8 Å². The van der Waals surface area contributed by atoms with E-state index >= 15 is 0 Å². The second-order valence-electron chi connectivity index (χ2n) is 19.4. The van der Waals surface area contributed by atoms with Crippen LogP contribution in [0.25, 0.3) is 0 Å². The fourth-order valence-electron chi connectivity index (χ4n) is 9.01. The van der Waals surface area contributed by atoms with Crippen LogP contribution in [-0.4, -0.2) is 34.9 Å². The first-order chi connectivity index (χ1) is 29.7. The maximum Gasteiger partial charge on any atom is 0.220 e. The molecule has 0 bridgehead atoms. The van der Waals surface area contributed by atoms with E-state index in [0.717, 1.165) is 25.7 Å². The lowest BCUT2D eigenvalue weighted by Gasteiger charge is -2.20. The smallest absolute Gasteiger partial charge is 0.220 e. The van der Waals surface area contributed by atoms with Crippen molar-refractivity contribution in [1.29, 1.82) is 0 Å². The van der Waals surface area contributed by atoms with Crippen molar-refractivity contribution >= 4 is 5.91 Å². The number of amides is 1. The van der Waals surface area contributed by atoms with Crippen LogP contribution in [0.4, 0.5) is 0 Å². The molecule has 2 atom stereocenters. The third kappa shape index (κ3) is 48.2. The zero-order valence-electron chi connectivity index (χ0n) is 41.3. The van der Waals surface area contributed by atoms with E-state index in [-0.39, 0.29) is 12.5 Å². The molecule has 3 N–H and O–H groups in total. The molecule has 2 unspecified atom stereocenters. The minimum Gasteiger partial charge on any atom is -0.394 e. The third-order valence-electron chi connectivity index (χ3n) is 13.3. The highest BCUT2D eigenvalue weighted by Gasteiger charge is 2.18. The van der Waals surface area contributed by atoms with E-state index in [2.05, 4.69) is 19.2 Å². The number of aliphatic hydroxyl groups is 2. The molecule has 0 spiro atoms. The molecule has 0 aromatic carbocycles. The number of carbonyl (C=O) groups is 1. The van der Waals surface area contributed by atoms with E-state index in [4.69, 9.17) is 0 Å². The van der Waals surface area contributed by atoms with Gasteiger partial charge >= 0.3 is 0 Å². The molecular formula is C56H111NO3. The predicted molar refractivity (Wildman–Crippen MR) is 267 cm³/mol. The average molecular weight is 847 g/mol. The summed E-state index contributed by atoms with van der Waals surface area (Å²) >= 11 is 0. The molecule has 358 valence electrons. The van der Waals surface area contributed by atoms with Crippen LogP contribution in [0.2, 0.25) is 0 Å². The second-order valence-corrected chi connectivity index (χ2v) is 19.4. The summed E-state index contributed by atoms with van der Waals surface area (Å²) < 4.78 is 0. The third-order valence-corrected chi connectivity index (χ3v) is 13.3. The molecule has 0 aliphatic heterocycles. The van der Waals surface area contributed by atoms with Crippen LogP contribution in [0, 0.1) is 0 Å². The van der Waals surface area contributed by atoms with Gasteiger partial charge in [0.15, 0.2) is 0 Å². The van der Waals surface area contributed by atoms with E-state index in [0.29, 0.717) is 6.42 Å². The Balaban J connectivity index is 3.33. The van der Waals surface area contributed by atoms with Crippen molar-refractivity contribution in [2.45, 2.75) is 334 Å². The van der Waals surface area contributed by atoms with Gasteiger partial charge in [-0.15, -0.1) is 0 Å². The van der Waals surface area contributed by atoms with Gasteiger partial charge in [0.25, 0.3) is 0 Å². The molecule has 0 aliphatic rings. The Kier molecular flexibility index (Phi) is 51.7. The van der Waals surface area contributed by atoms with Gasteiger partial charge in [-0.05, 0) is 19.3 Å². The predicted octanol–water partition coefficient (Wildman–Crippen LogP) is 18.1. The van der Waals surface area contributed by atoms with Crippen molar-refractivity contribution in [3.05, 3.63) is 12.2 Å². The largest absolute Gasteiger partial charge is 0.394 e. The molecule has 0 saturated carbocycles.